The van der Waals surface area contributed by atoms with Gasteiger partial charge in [-0.2, -0.15) is 0 Å². The standard InChI is InChI=1S/C18H20N4O2S2/c1-11-6-7-14(9-12(11)2)20-17-21-22-18(26-17)25-10-16(23)19-13(3)15-5-4-8-24-15/h4-9,13H,10H2,1-3H3,(H,19,23)(H,20,21)/t13-/m0/s1. The van der Waals surface area contributed by atoms with Crippen molar-refractivity contribution in [2.45, 2.75) is 31.2 Å². The number of amides is 1. The lowest BCUT2D eigenvalue weighted by Crippen LogP contribution is -2.27. The van der Waals surface area contributed by atoms with Gasteiger partial charge in [-0.05, 0) is 56.2 Å². The molecule has 2 N–H and O–H groups in total. The second kappa shape index (κ2) is 8.37. The van der Waals surface area contributed by atoms with Gasteiger partial charge in [0.15, 0.2) is 4.34 Å². The summed E-state index contributed by atoms with van der Waals surface area (Å²) in [5, 5.41) is 15.1. The lowest BCUT2D eigenvalue weighted by molar-refractivity contribution is -0.119. The van der Waals surface area contributed by atoms with Crippen LogP contribution in [0.15, 0.2) is 45.4 Å². The Kier molecular flexibility index (Phi) is 5.95. The number of furan rings is 1. The number of rotatable bonds is 7. The summed E-state index contributed by atoms with van der Waals surface area (Å²) >= 11 is 2.79. The lowest BCUT2D eigenvalue weighted by Gasteiger charge is -2.10. The molecule has 3 aromatic rings. The van der Waals surface area contributed by atoms with Gasteiger partial charge in [0.25, 0.3) is 0 Å². The molecule has 1 amide bonds. The Morgan fingerprint density at radius 1 is 1.27 bits per heavy atom. The molecule has 8 heteroatoms. The fourth-order valence-corrected chi connectivity index (χ4v) is 3.86. The highest BCUT2D eigenvalue weighted by Gasteiger charge is 2.13. The van der Waals surface area contributed by atoms with Gasteiger partial charge < -0.3 is 15.1 Å². The monoisotopic (exact) mass is 388 g/mol. The van der Waals surface area contributed by atoms with Gasteiger partial charge in [0.2, 0.25) is 11.0 Å². The first-order chi connectivity index (χ1) is 12.5. The number of carbonyl (C=O) groups excluding carboxylic acids is 1. The molecule has 0 saturated carbocycles. The summed E-state index contributed by atoms with van der Waals surface area (Å²) in [6.45, 7) is 6.04. The second-order valence-electron chi connectivity index (χ2n) is 5.89. The maximum atomic E-state index is 12.1. The van der Waals surface area contributed by atoms with E-state index in [1.54, 1.807) is 12.3 Å². The number of hydrogen-bond donors (Lipinski definition) is 2. The van der Waals surface area contributed by atoms with E-state index in [-0.39, 0.29) is 17.7 Å². The van der Waals surface area contributed by atoms with Crippen molar-refractivity contribution in [3.05, 3.63) is 53.5 Å². The summed E-state index contributed by atoms with van der Waals surface area (Å²) in [6, 6.07) is 9.65. The van der Waals surface area contributed by atoms with E-state index in [9.17, 15) is 4.79 Å². The molecule has 0 aliphatic carbocycles. The minimum Gasteiger partial charge on any atom is -0.467 e. The van der Waals surface area contributed by atoms with Gasteiger partial charge in [0.05, 0.1) is 18.1 Å². The van der Waals surface area contributed by atoms with Crippen molar-refractivity contribution in [1.82, 2.24) is 15.5 Å². The molecule has 2 aromatic heterocycles. The van der Waals surface area contributed by atoms with E-state index in [2.05, 4.69) is 46.8 Å². The van der Waals surface area contributed by atoms with E-state index in [1.165, 1.54) is 34.2 Å². The zero-order valence-corrected chi connectivity index (χ0v) is 16.4. The van der Waals surface area contributed by atoms with Gasteiger partial charge in [-0.3, -0.25) is 4.79 Å². The maximum absolute atomic E-state index is 12.1. The Labute approximate surface area is 160 Å². The number of anilines is 2. The predicted molar refractivity (Wildman–Crippen MR) is 105 cm³/mol. The van der Waals surface area contributed by atoms with Gasteiger partial charge >= 0.3 is 0 Å². The van der Waals surface area contributed by atoms with Crippen LogP contribution in [0.1, 0.15) is 29.9 Å². The third-order valence-corrected chi connectivity index (χ3v) is 5.81. The second-order valence-corrected chi connectivity index (χ2v) is 8.09. The van der Waals surface area contributed by atoms with Crippen LogP contribution in [0.3, 0.4) is 0 Å². The van der Waals surface area contributed by atoms with Gasteiger partial charge in [0, 0.05) is 5.69 Å². The van der Waals surface area contributed by atoms with Crippen LogP contribution < -0.4 is 10.6 Å². The molecule has 1 aromatic carbocycles. The van der Waals surface area contributed by atoms with E-state index in [1.807, 2.05) is 19.1 Å². The highest BCUT2D eigenvalue weighted by atomic mass is 32.2. The van der Waals surface area contributed by atoms with E-state index in [4.69, 9.17) is 4.42 Å². The van der Waals surface area contributed by atoms with Crippen molar-refractivity contribution in [2.24, 2.45) is 0 Å². The molecular formula is C18H20N4O2S2. The fourth-order valence-electron chi connectivity index (χ4n) is 2.28. The maximum Gasteiger partial charge on any atom is 0.231 e. The van der Waals surface area contributed by atoms with Crippen LogP contribution in [0.25, 0.3) is 0 Å². The van der Waals surface area contributed by atoms with Crippen molar-refractivity contribution in [3.8, 4) is 0 Å². The summed E-state index contributed by atoms with van der Waals surface area (Å²) in [5.41, 5.74) is 3.45. The minimum atomic E-state index is -0.158. The normalized spacial score (nSPS) is 12.0. The number of hydrogen-bond acceptors (Lipinski definition) is 7. The summed E-state index contributed by atoms with van der Waals surface area (Å²) in [7, 11) is 0. The van der Waals surface area contributed by atoms with E-state index in [0.717, 1.165) is 15.8 Å². The molecule has 0 saturated heterocycles. The first-order valence-electron chi connectivity index (χ1n) is 8.14. The molecule has 6 nitrogen and oxygen atoms in total. The van der Waals surface area contributed by atoms with Gasteiger partial charge in [-0.15, -0.1) is 10.2 Å². The molecular weight excluding hydrogens is 368 g/mol. The zero-order valence-electron chi connectivity index (χ0n) is 14.8. The first-order valence-corrected chi connectivity index (χ1v) is 9.95. The van der Waals surface area contributed by atoms with Crippen LogP contribution in [-0.4, -0.2) is 21.9 Å². The van der Waals surface area contributed by atoms with Gasteiger partial charge in [-0.1, -0.05) is 29.2 Å². The molecule has 0 radical (unpaired) electrons. The fraction of sp³-hybridized carbons (Fsp3) is 0.278. The van der Waals surface area contributed by atoms with Crippen molar-refractivity contribution in [2.75, 3.05) is 11.1 Å². The van der Waals surface area contributed by atoms with Crippen LogP contribution in [0, 0.1) is 13.8 Å². The van der Waals surface area contributed by atoms with Crippen molar-refractivity contribution in [3.63, 3.8) is 0 Å². The number of aromatic nitrogens is 2. The Bertz CT molecular complexity index is 877. The summed E-state index contributed by atoms with van der Waals surface area (Å²) < 4.78 is 6.03. The number of nitrogens with zero attached hydrogens (tertiary/aromatic N) is 2. The van der Waals surface area contributed by atoms with Crippen molar-refractivity contribution in [1.29, 1.82) is 0 Å². The smallest absolute Gasteiger partial charge is 0.231 e. The lowest BCUT2D eigenvalue weighted by atomic mass is 10.1. The topological polar surface area (TPSA) is 80.0 Å². The summed E-state index contributed by atoms with van der Waals surface area (Å²) in [5.74, 6) is 0.945. The van der Waals surface area contributed by atoms with Gasteiger partial charge in [-0.25, -0.2) is 0 Å². The molecule has 26 heavy (non-hydrogen) atoms. The highest BCUT2D eigenvalue weighted by Crippen LogP contribution is 2.28. The molecule has 0 spiro atoms. The largest absolute Gasteiger partial charge is 0.467 e. The molecule has 136 valence electrons. The Morgan fingerprint density at radius 2 is 2.12 bits per heavy atom. The molecule has 1 atom stereocenters. The number of thioether (sulfide) groups is 1. The molecule has 0 aliphatic heterocycles. The minimum absolute atomic E-state index is 0.0715. The SMILES string of the molecule is Cc1ccc(Nc2nnc(SCC(=O)N[C@@H](C)c3ccco3)s2)cc1C. The van der Waals surface area contributed by atoms with E-state index >= 15 is 0 Å². The summed E-state index contributed by atoms with van der Waals surface area (Å²) in [4.78, 5) is 12.1. The number of benzene rings is 1. The van der Waals surface area contributed by atoms with E-state index in [0.29, 0.717) is 5.13 Å². The predicted octanol–water partition coefficient (Wildman–Crippen LogP) is 4.46. The summed E-state index contributed by atoms with van der Waals surface area (Å²) in [6.07, 6.45) is 1.60. The number of aryl methyl sites for hydroxylation is 2. The Balaban J connectivity index is 1.50. The third kappa shape index (κ3) is 4.86. The van der Waals surface area contributed by atoms with Crippen molar-refractivity contribution >= 4 is 39.8 Å². The van der Waals surface area contributed by atoms with Crippen LogP contribution in [0.5, 0.6) is 0 Å². The molecule has 3 rings (SSSR count). The zero-order chi connectivity index (χ0) is 18.5. The average molecular weight is 389 g/mol. The third-order valence-electron chi connectivity index (χ3n) is 3.84. The van der Waals surface area contributed by atoms with Crippen LogP contribution in [-0.2, 0) is 4.79 Å². The Morgan fingerprint density at radius 3 is 2.85 bits per heavy atom. The Hall–Kier alpha value is -2.32. The number of nitrogens with one attached hydrogen (secondary N) is 2. The molecule has 0 bridgehead atoms. The first kappa shape index (κ1) is 18.5. The van der Waals surface area contributed by atoms with Gasteiger partial charge in [0.1, 0.15) is 5.76 Å². The number of carbonyl (C=O) groups is 1. The van der Waals surface area contributed by atoms with Crippen molar-refractivity contribution < 1.29 is 9.21 Å². The van der Waals surface area contributed by atoms with Crippen LogP contribution in [0.2, 0.25) is 0 Å². The van der Waals surface area contributed by atoms with Crippen LogP contribution >= 0.6 is 23.1 Å². The van der Waals surface area contributed by atoms with E-state index < -0.39 is 0 Å². The van der Waals surface area contributed by atoms with Crippen LogP contribution in [0.4, 0.5) is 10.8 Å². The quantitative estimate of drug-likeness (QED) is 0.582. The molecule has 0 unspecified atom stereocenters. The molecule has 0 fully saturated rings. The molecule has 0 aliphatic rings. The average Bonchev–Trinajstić information content (AvgIpc) is 3.28. The highest BCUT2D eigenvalue weighted by molar-refractivity contribution is 8.01. The molecule has 2 heterocycles.